The average molecular weight is 389 g/mol. The molecule has 142 valence electrons. The second kappa shape index (κ2) is 7.88. The molecule has 0 radical (unpaired) electrons. The minimum absolute atomic E-state index is 0.124. The molecule has 0 aliphatic carbocycles. The fourth-order valence-corrected chi connectivity index (χ4v) is 3.22. The monoisotopic (exact) mass is 388 g/mol. The van der Waals surface area contributed by atoms with Gasteiger partial charge in [-0.15, -0.1) is 0 Å². The Morgan fingerprint density at radius 2 is 1.96 bits per heavy atom. The van der Waals surface area contributed by atoms with Crippen LogP contribution in [0.3, 0.4) is 0 Å². The Bertz CT molecular complexity index is 884. The summed E-state index contributed by atoms with van der Waals surface area (Å²) < 4.78 is 10.6. The predicted octanol–water partition coefficient (Wildman–Crippen LogP) is 3.66. The highest BCUT2D eigenvalue weighted by Crippen LogP contribution is 2.36. The van der Waals surface area contributed by atoms with E-state index in [9.17, 15) is 9.59 Å². The Morgan fingerprint density at radius 3 is 2.63 bits per heavy atom. The molecule has 1 fully saturated rings. The summed E-state index contributed by atoms with van der Waals surface area (Å²) in [4.78, 5) is 26.7. The standard InChI is InChI=1S/C20H21ClN2O4/c1-12-4-5-14(9-16(12)21)22-20(25)13-8-19(24)23(11-13)17-7-6-15(26-2)10-18(17)27-3/h4-7,9-10,13H,8,11H2,1-3H3,(H,22,25)/t13-/m0/s1. The molecule has 2 aromatic rings. The lowest BCUT2D eigenvalue weighted by molar-refractivity contribution is -0.122. The molecule has 2 aromatic carbocycles. The van der Waals surface area contributed by atoms with Crippen LogP contribution in [0.15, 0.2) is 36.4 Å². The van der Waals surface area contributed by atoms with Crippen LogP contribution >= 0.6 is 11.6 Å². The maximum Gasteiger partial charge on any atom is 0.229 e. The zero-order valence-electron chi connectivity index (χ0n) is 15.4. The molecule has 0 spiro atoms. The second-order valence-corrected chi connectivity index (χ2v) is 6.80. The molecule has 1 heterocycles. The number of hydrogen-bond donors (Lipinski definition) is 1. The van der Waals surface area contributed by atoms with Gasteiger partial charge in [-0.05, 0) is 36.8 Å². The first-order valence-corrected chi connectivity index (χ1v) is 8.90. The van der Waals surface area contributed by atoms with Gasteiger partial charge in [-0.2, -0.15) is 0 Å². The number of anilines is 2. The first-order valence-electron chi connectivity index (χ1n) is 8.52. The van der Waals surface area contributed by atoms with Gasteiger partial charge in [-0.3, -0.25) is 9.59 Å². The predicted molar refractivity (Wildman–Crippen MR) is 105 cm³/mol. The Kier molecular flexibility index (Phi) is 5.56. The van der Waals surface area contributed by atoms with Gasteiger partial charge in [0, 0.05) is 29.7 Å². The van der Waals surface area contributed by atoms with Gasteiger partial charge in [0.25, 0.3) is 0 Å². The van der Waals surface area contributed by atoms with E-state index in [-0.39, 0.29) is 24.8 Å². The third-order valence-corrected chi connectivity index (χ3v) is 5.02. The summed E-state index contributed by atoms with van der Waals surface area (Å²) in [6.45, 7) is 2.18. The van der Waals surface area contributed by atoms with Crippen molar-refractivity contribution in [2.75, 3.05) is 31.0 Å². The molecule has 1 N–H and O–H groups in total. The van der Waals surface area contributed by atoms with Crippen LogP contribution in [0.5, 0.6) is 11.5 Å². The van der Waals surface area contributed by atoms with Crippen LogP contribution in [0.4, 0.5) is 11.4 Å². The third-order valence-electron chi connectivity index (χ3n) is 4.61. The van der Waals surface area contributed by atoms with Crippen molar-refractivity contribution >= 4 is 34.8 Å². The summed E-state index contributed by atoms with van der Waals surface area (Å²) in [6, 6.07) is 10.6. The highest BCUT2D eigenvalue weighted by Gasteiger charge is 2.36. The van der Waals surface area contributed by atoms with Gasteiger partial charge in [0.15, 0.2) is 0 Å². The highest BCUT2D eigenvalue weighted by atomic mass is 35.5. The fraction of sp³-hybridized carbons (Fsp3) is 0.300. The maximum atomic E-state index is 12.6. The molecule has 1 saturated heterocycles. The SMILES string of the molecule is COc1ccc(N2C[C@@H](C(=O)Nc3ccc(C)c(Cl)c3)CC2=O)c(OC)c1. The lowest BCUT2D eigenvalue weighted by Gasteiger charge is -2.20. The van der Waals surface area contributed by atoms with Crippen LogP contribution in [0.1, 0.15) is 12.0 Å². The van der Waals surface area contributed by atoms with E-state index in [4.69, 9.17) is 21.1 Å². The van der Waals surface area contributed by atoms with Gasteiger partial charge in [0.2, 0.25) is 11.8 Å². The molecule has 0 saturated carbocycles. The van der Waals surface area contributed by atoms with E-state index in [1.54, 1.807) is 42.3 Å². The van der Waals surface area contributed by atoms with E-state index in [1.807, 2.05) is 13.0 Å². The molecule has 0 unspecified atom stereocenters. The number of rotatable bonds is 5. The van der Waals surface area contributed by atoms with Crippen molar-refractivity contribution in [3.8, 4) is 11.5 Å². The van der Waals surface area contributed by atoms with Crippen LogP contribution in [0.2, 0.25) is 5.02 Å². The number of nitrogens with zero attached hydrogens (tertiary/aromatic N) is 1. The smallest absolute Gasteiger partial charge is 0.229 e. The molecule has 3 rings (SSSR count). The Balaban J connectivity index is 1.75. The van der Waals surface area contributed by atoms with Crippen molar-refractivity contribution in [3.63, 3.8) is 0 Å². The van der Waals surface area contributed by atoms with Crippen LogP contribution < -0.4 is 19.7 Å². The van der Waals surface area contributed by atoms with Crippen molar-refractivity contribution < 1.29 is 19.1 Å². The van der Waals surface area contributed by atoms with Gasteiger partial charge in [0.05, 0.1) is 25.8 Å². The molecule has 1 aliphatic heterocycles. The summed E-state index contributed by atoms with van der Waals surface area (Å²) >= 11 is 6.10. The van der Waals surface area contributed by atoms with Gasteiger partial charge < -0.3 is 19.7 Å². The zero-order valence-corrected chi connectivity index (χ0v) is 16.2. The van der Waals surface area contributed by atoms with Crippen LogP contribution in [0.25, 0.3) is 0 Å². The average Bonchev–Trinajstić information content (AvgIpc) is 3.05. The quantitative estimate of drug-likeness (QED) is 0.848. The Hall–Kier alpha value is -2.73. The number of methoxy groups -OCH3 is 2. The number of aryl methyl sites for hydroxylation is 1. The zero-order chi connectivity index (χ0) is 19.6. The van der Waals surface area contributed by atoms with E-state index < -0.39 is 5.92 Å². The van der Waals surface area contributed by atoms with Crippen LogP contribution in [0, 0.1) is 12.8 Å². The summed E-state index contributed by atoms with van der Waals surface area (Å²) in [7, 11) is 3.09. The number of benzene rings is 2. The molecule has 1 aliphatic rings. The first kappa shape index (κ1) is 19.0. The van der Waals surface area contributed by atoms with E-state index in [1.165, 1.54) is 7.11 Å². The molecular weight excluding hydrogens is 368 g/mol. The summed E-state index contributed by atoms with van der Waals surface area (Å²) in [6.07, 6.45) is 0.139. The minimum Gasteiger partial charge on any atom is -0.497 e. The van der Waals surface area contributed by atoms with Gasteiger partial charge in [-0.25, -0.2) is 0 Å². The molecule has 2 amide bonds. The number of amides is 2. The van der Waals surface area contributed by atoms with Gasteiger partial charge in [0.1, 0.15) is 11.5 Å². The van der Waals surface area contributed by atoms with Crippen molar-refractivity contribution in [2.24, 2.45) is 5.92 Å². The Labute approximate surface area is 163 Å². The number of nitrogens with one attached hydrogen (secondary N) is 1. The van der Waals surface area contributed by atoms with Crippen molar-refractivity contribution in [1.82, 2.24) is 0 Å². The molecule has 6 nitrogen and oxygen atoms in total. The number of halogens is 1. The second-order valence-electron chi connectivity index (χ2n) is 6.40. The summed E-state index contributed by atoms with van der Waals surface area (Å²) in [5.74, 6) is 0.366. The van der Waals surface area contributed by atoms with Crippen molar-refractivity contribution in [1.29, 1.82) is 0 Å². The molecule has 1 atom stereocenters. The molecular formula is C20H21ClN2O4. The highest BCUT2D eigenvalue weighted by molar-refractivity contribution is 6.31. The van der Waals surface area contributed by atoms with E-state index in [2.05, 4.69) is 5.32 Å². The number of ether oxygens (including phenoxy) is 2. The lowest BCUT2D eigenvalue weighted by Crippen LogP contribution is -2.28. The number of hydrogen-bond acceptors (Lipinski definition) is 4. The van der Waals surface area contributed by atoms with Crippen molar-refractivity contribution in [2.45, 2.75) is 13.3 Å². The van der Waals surface area contributed by atoms with E-state index in [0.29, 0.717) is 27.9 Å². The van der Waals surface area contributed by atoms with Gasteiger partial charge in [-0.1, -0.05) is 17.7 Å². The van der Waals surface area contributed by atoms with E-state index >= 15 is 0 Å². The van der Waals surface area contributed by atoms with E-state index in [0.717, 1.165) is 5.56 Å². The normalized spacial score (nSPS) is 16.4. The third kappa shape index (κ3) is 4.01. The topological polar surface area (TPSA) is 67.9 Å². The Morgan fingerprint density at radius 1 is 1.19 bits per heavy atom. The van der Waals surface area contributed by atoms with Crippen LogP contribution in [-0.2, 0) is 9.59 Å². The largest absolute Gasteiger partial charge is 0.497 e. The maximum absolute atomic E-state index is 12.6. The first-order chi connectivity index (χ1) is 12.9. The molecule has 0 aromatic heterocycles. The summed E-state index contributed by atoms with van der Waals surface area (Å²) in [5, 5.41) is 3.42. The lowest BCUT2D eigenvalue weighted by atomic mass is 10.1. The number of carbonyl (C=O) groups is 2. The molecule has 7 heteroatoms. The molecule has 27 heavy (non-hydrogen) atoms. The van der Waals surface area contributed by atoms with Gasteiger partial charge >= 0.3 is 0 Å². The van der Waals surface area contributed by atoms with Crippen LogP contribution in [-0.4, -0.2) is 32.6 Å². The minimum atomic E-state index is -0.454. The molecule has 0 bridgehead atoms. The number of carbonyl (C=O) groups excluding carboxylic acids is 2. The fourth-order valence-electron chi connectivity index (χ4n) is 3.04. The van der Waals surface area contributed by atoms with Crippen molar-refractivity contribution in [3.05, 3.63) is 47.0 Å². The summed E-state index contributed by atoms with van der Waals surface area (Å²) in [5.41, 5.74) is 2.17.